The molecule has 0 atom stereocenters. The molecule has 0 spiro atoms. The van der Waals surface area contributed by atoms with Crippen molar-refractivity contribution >= 4 is 17.5 Å². The molecule has 0 saturated carbocycles. The molecule has 3 heteroatoms. The van der Waals surface area contributed by atoms with Crippen molar-refractivity contribution in [1.29, 1.82) is 0 Å². The van der Waals surface area contributed by atoms with Crippen molar-refractivity contribution in [3.05, 3.63) is 35.4 Å². The lowest BCUT2D eigenvalue weighted by Crippen LogP contribution is -2.05. The SMILES string of the molecule is Cc1ccccc1C(=O)CSCCO. The number of rotatable bonds is 5. The second-order valence-corrected chi connectivity index (χ2v) is 4.12. The third kappa shape index (κ3) is 3.16. The van der Waals surface area contributed by atoms with E-state index in [1.54, 1.807) is 0 Å². The Morgan fingerprint density at radius 1 is 1.43 bits per heavy atom. The predicted molar refractivity (Wildman–Crippen MR) is 59.9 cm³/mol. The Hall–Kier alpha value is -0.800. The molecule has 0 heterocycles. The largest absolute Gasteiger partial charge is 0.396 e. The van der Waals surface area contributed by atoms with Crippen LogP contribution in [0.2, 0.25) is 0 Å². The Morgan fingerprint density at radius 3 is 2.79 bits per heavy atom. The van der Waals surface area contributed by atoms with Gasteiger partial charge in [0.1, 0.15) is 0 Å². The normalized spacial score (nSPS) is 10.1. The fourth-order valence-corrected chi connectivity index (χ4v) is 1.81. The van der Waals surface area contributed by atoms with Crippen LogP contribution in [0, 0.1) is 6.92 Å². The first-order chi connectivity index (χ1) is 6.75. The molecular weight excluding hydrogens is 196 g/mol. The Labute approximate surface area is 88.3 Å². The number of benzene rings is 1. The van der Waals surface area contributed by atoms with E-state index < -0.39 is 0 Å². The summed E-state index contributed by atoms with van der Waals surface area (Å²) in [6.07, 6.45) is 0. The van der Waals surface area contributed by atoms with Gasteiger partial charge in [0.25, 0.3) is 0 Å². The maximum absolute atomic E-state index is 11.6. The molecule has 2 nitrogen and oxygen atoms in total. The Balaban J connectivity index is 2.56. The van der Waals surface area contributed by atoms with Crippen LogP contribution in [0.1, 0.15) is 15.9 Å². The Bertz CT molecular complexity index is 310. The molecular formula is C11H14O2S. The summed E-state index contributed by atoms with van der Waals surface area (Å²) < 4.78 is 0. The van der Waals surface area contributed by atoms with Crippen molar-refractivity contribution in [3.8, 4) is 0 Å². The molecule has 0 unspecified atom stereocenters. The fraction of sp³-hybridized carbons (Fsp3) is 0.364. The smallest absolute Gasteiger partial charge is 0.172 e. The monoisotopic (exact) mass is 210 g/mol. The molecule has 0 saturated heterocycles. The lowest BCUT2D eigenvalue weighted by atomic mass is 10.1. The number of ketones is 1. The number of hydrogen-bond donors (Lipinski definition) is 1. The van der Waals surface area contributed by atoms with Crippen LogP contribution in [0.4, 0.5) is 0 Å². The van der Waals surface area contributed by atoms with E-state index in [9.17, 15) is 4.79 Å². The highest BCUT2D eigenvalue weighted by atomic mass is 32.2. The molecule has 0 aliphatic carbocycles. The summed E-state index contributed by atoms with van der Waals surface area (Å²) in [5, 5.41) is 8.57. The van der Waals surface area contributed by atoms with Gasteiger partial charge < -0.3 is 5.11 Å². The van der Waals surface area contributed by atoms with Gasteiger partial charge >= 0.3 is 0 Å². The number of carbonyl (C=O) groups excluding carboxylic acids is 1. The molecule has 1 N–H and O–H groups in total. The van der Waals surface area contributed by atoms with E-state index >= 15 is 0 Å². The number of hydrogen-bond acceptors (Lipinski definition) is 3. The van der Waals surface area contributed by atoms with Crippen LogP contribution in [0.5, 0.6) is 0 Å². The van der Waals surface area contributed by atoms with Crippen LogP contribution in [0.3, 0.4) is 0 Å². The fourth-order valence-electron chi connectivity index (χ4n) is 1.19. The van der Waals surface area contributed by atoms with E-state index in [0.29, 0.717) is 11.5 Å². The van der Waals surface area contributed by atoms with Crippen molar-refractivity contribution in [2.45, 2.75) is 6.92 Å². The van der Waals surface area contributed by atoms with Gasteiger partial charge in [0, 0.05) is 11.3 Å². The van der Waals surface area contributed by atoms with E-state index in [2.05, 4.69) is 0 Å². The standard InChI is InChI=1S/C11H14O2S/c1-9-4-2-3-5-10(9)11(13)8-14-7-6-12/h2-5,12H,6-8H2,1H3. The van der Waals surface area contributed by atoms with Crippen LogP contribution in [0.25, 0.3) is 0 Å². The molecule has 0 aliphatic heterocycles. The number of Topliss-reactive ketones (excluding diaryl/α,β-unsaturated/α-hetero) is 1. The Morgan fingerprint density at radius 2 is 2.14 bits per heavy atom. The highest BCUT2D eigenvalue weighted by Crippen LogP contribution is 2.11. The predicted octanol–water partition coefficient (Wildman–Crippen LogP) is 1.90. The quantitative estimate of drug-likeness (QED) is 0.596. The first kappa shape index (κ1) is 11.3. The molecule has 0 aliphatic rings. The van der Waals surface area contributed by atoms with Crippen molar-refractivity contribution in [3.63, 3.8) is 0 Å². The summed E-state index contributed by atoms with van der Waals surface area (Å²) in [6, 6.07) is 7.57. The van der Waals surface area contributed by atoms with Crippen LogP contribution in [-0.2, 0) is 0 Å². The number of carbonyl (C=O) groups is 1. The van der Waals surface area contributed by atoms with Crippen molar-refractivity contribution in [1.82, 2.24) is 0 Å². The second kappa shape index (κ2) is 5.83. The average Bonchev–Trinajstić information content (AvgIpc) is 2.18. The van der Waals surface area contributed by atoms with Gasteiger partial charge in [-0.2, -0.15) is 11.8 Å². The second-order valence-electron chi connectivity index (χ2n) is 3.01. The van der Waals surface area contributed by atoms with Gasteiger partial charge in [0.2, 0.25) is 0 Å². The molecule has 0 amide bonds. The van der Waals surface area contributed by atoms with Crippen molar-refractivity contribution < 1.29 is 9.90 Å². The zero-order chi connectivity index (χ0) is 10.4. The third-order valence-electron chi connectivity index (χ3n) is 1.91. The lowest BCUT2D eigenvalue weighted by Gasteiger charge is -2.03. The van der Waals surface area contributed by atoms with E-state index in [1.807, 2.05) is 31.2 Å². The minimum absolute atomic E-state index is 0.131. The van der Waals surface area contributed by atoms with Crippen LogP contribution in [0.15, 0.2) is 24.3 Å². The molecule has 1 rings (SSSR count). The number of aryl methyl sites for hydroxylation is 1. The summed E-state index contributed by atoms with van der Waals surface area (Å²) in [5.74, 6) is 1.21. The minimum Gasteiger partial charge on any atom is -0.396 e. The van der Waals surface area contributed by atoms with Crippen LogP contribution >= 0.6 is 11.8 Å². The topological polar surface area (TPSA) is 37.3 Å². The van der Waals surface area contributed by atoms with Crippen molar-refractivity contribution in [2.24, 2.45) is 0 Å². The molecule has 1 aromatic carbocycles. The van der Waals surface area contributed by atoms with Gasteiger partial charge in [0.05, 0.1) is 12.4 Å². The summed E-state index contributed by atoms with van der Waals surface area (Å²) in [5.41, 5.74) is 1.81. The van der Waals surface area contributed by atoms with E-state index in [1.165, 1.54) is 11.8 Å². The maximum Gasteiger partial charge on any atom is 0.172 e. The van der Waals surface area contributed by atoms with Crippen LogP contribution in [-0.4, -0.2) is 29.0 Å². The number of aliphatic hydroxyl groups excluding tert-OH is 1. The minimum atomic E-state index is 0.131. The van der Waals surface area contributed by atoms with Gasteiger partial charge in [-0.1, -0.05) is 24.3 Å². The van der Waals surface area contributed by atoms with E-state index in [4.69, 9.17) is 5.11 Å². The number of aliphatic hydroxyl groups is 1. The lowest BCUT2D eigenvalue weighted by molar-refractivity contribution is 0.102. The number of thioether (sulfide) groups is 1. The molecule has 0 bridgehead atoms. The first-order valence-corrected chi connectivity index (χ1v) is 5.68. The van der Waals surface area contributed by atoms with Gasteiger partial charge in [-0.05, 0) is 12.5 Å². The molecule has 0 radical (unpaired) electrons. The zero-order valence-corrected chi connectivity index (χ0v) is 9.01. The highest BCUT2D eigenvalue weighted by molar-refractivity contribution is 8.00. The summed E-state index contributed by atoms with van der Waals surface area (Å²) in [4.78, 5) is 11.6. The van der Waals surface area contributed by atoms with Gasteiger partial charge in [-0.25, -0.2) is 0 Å². The molecule has 0 fully saturated rings. The zero-order valence-electron chi connectivity index (χ0n) is 8.19. The van der Waals surface area contributed by atoms with E-state index in [0.717, 1.165) is 11.1 Å². The first-order valence-electron chi connectivity index (χ1n) is 4.53. The highest BCUT2D eigenvalue weighted by Gasteiger charge is 2.07. The maximum atomic E-state index is 11.6. The van der Waals surface area contributed by atoms with E-state index in [-0.39, 0.29) is 12.4 Å². The summed E-state index contributed by atoms with van der Waals surface area (Å²) in [6.45, 7) is 2.07. The molecule has 1 aromatic rings. The van der Waals surface area contributed by atoms with Gasteiger partial charge in [0.15, 0.2) is 5.78 Å². The van der Waals surface area contributed by atoms with Crippen LogP contribution < -0.4 is 0 Å². The molecule has 14 heavy (non-hydrogen) atoms. The molecule has 76 valence electrons. The van der Waals surface area contributed by atoms with Crippen molar-refractivity contribution in [2.75, 3.05) is 18.1 Å². The Kier molecular flexibility index (Phi) is 4.70. The average molecular weight is 210 g/mol. The summed E-state index contributed by atoms with van der Waals surface area (Å²) >= 11 is 1.47. The van der Waals surface area contributed by atoms with Gasteiger partial charge in [-0.3, -0.25) is 4.79 Å². The van der Waals surface area contributed by atoms with Gasteiger partial charge in [-0.15, -0.1) is 0 Å². The third-order valence-corrected chi connectivity index (χ3v) is 2.85. The summed E-state index contributed by atoms with van der Waals surface area (Å²) in [7, 11) is 0. The molecule has 0 aromatic heterocycles.